The molecule has 2 N–H and O–H groups in total. The summed E-state index contributed by atoms with van der Waals surface area (Å²) in [7, 11) is 1.58. The molecular weight excluding hydrogens is 436 g/mol. The second-order valence-corrected chi connectivity index (χ2v) is 8.17. The Hall–Kier alpha value is -4.07. The molecule has 0 atom stereocenters. The van der Waals surface area contributed by atoms with Crippen molar-refractivity contribution in [3.8, 4) is 11.1 Å². The van der Waals surface area contributed by atoms with Crippen LogP contribution in [-0.4, -0.2) is 48.2 Å². The monoisotopic (exact) mass is 462 g/mol. The minimum Gasteiger partial charge on any atom is -0.481 e. The van der Waals surface area contributed by atoms with Gasteiger partial charge in [-0.1, -0.05) is 48.5 Å². The maximum atomic E-state index is 12.4. The SMILES string of the molecule is CN(CCCC(=O)O)C(=O)c1ccc(CNC(=O)OCC2c3ccccc3-c3ccccc32)o1. The van der Waals surface area contributed by atoms with Crippen molar-refractivity contribution in [1.29, 1.82) is 0 Å². The molecule has 3 aromatic rings. The first-order valence-electron chi connectivity index (χ1n) is 11.1. The smallest absolute Gasteiger partial charge is 0.407 e. The summed E-state index contributed by atoms with van der Waals surface area (Å²) in [5.74, 6) is -0.737. The Bertz CT molecular complexity index is 1160. The fraction of sp³-hybridized carbons (Fsp3) is 0.269. The van der Waals surface area contributed by atoms with Gasteiger partial charge in [0.1, 0.15) is 12.4 Å². The molecule has 2 aromatic carbocycles. The van der Waals surface area contributed by atoms with Gasteiger partial charge >= 0.3 is 12.1 Å². The van der Waals surface area contributed by atoms with Gasteiger partial charge in [-0.15, -0.1) is 0 Å². The Labute approximate surface area is 197 Å². The Morgan fingerprint density at radius 2 is 1.65 bits per heavy atom. The average molecular weight is 463 g/mol. The molecule has 34 heavy (non-hydrogen) atoms. The fourth-order valence-electron chi connectivity index (χ4n) is 4.15. The quantitative estimate of drug-likeness (QED) is 0.492. The van der Waals surface area contributed by atoms with Gasteiger partial charge in [0.25, 0.3) is 5.91 Å². The first-order chi connectivity index (χ1) is 16.4. The fourth-order valence-corrected chi connectivity index (χ4v) is 4.15. The van der Waals surface area contributed by atoms with E-state index in [-0.39, 0.29) is 37.2 Å². The zero-order chi connectivity index (χ0) is 24.1. The molecule has 1 aliphatic rings. The molecule has 176 valence electrons. The number of ether oxygens (including phenoxy) is 1. The predicted octanol–water partition coefficient (Wildman–Crippen LogP) is 4.26. The third kappa shape index (κ3) is 5.11. The molecule has 8 nitrogen and oxygen atoms in total. The van der Waals surface area contributed by atoms with Crippen LogP contribution in [0.2, 0.25) is 0 Å². The summed E-state index contributed by atoms with van der Waals surface area (Å²) in [6.45, 7) is 0.592. The van der Waals surface area contributed by atoms with Crippen molar-refractivity contribution in [2.45, 2.75) is 25.3 Å². The maximum Gasteiger partial charge on any atom is 0.407 e. The Kier molecular flexibility index (Phi) is 6.96. The third-order valence-electron chi connectivity index (χ3n) is 5.85. The normalized spacial score (nSPS) is 12.0. The number of nitrogens with one attached hydrogen (secondary N) is 1. The number of hydrogen-bond donors (Lipinski definition) is 2. The van der Waals surface area contributed by atoms with Crippen LogP contribution in [0.25, 0.3) is 11.1 Å². The van der Waals surface area contributed by atoms with E-state index >= 15 is 0 Å². The van der Waals surface area contributed by atoms with E-state index < -0.39 is 12.1 Å². The number of amides is 2. The van der Waals surface area contributed by atoms with Crippen LogP contribution in [0.4, 0.5) is 4.79 Å². The highest BCUT2D eigenvalue weighted by molar-refractivity contribution is 5.91. The first-order valence-corrected chi connectivity index (χ1v) is 11.1. The molecule has 0 fully saturated rings. The molecule has 2 amide bonds. The van der Waals surface area contributed by atoms with Crippen molar-refractivity contribution < 1.29 is 28.6 Å². The van der Waals surface area contributed by atoms with E-state index in [9.17, 15) is 14.4 Å². The highest BCUT2D eigenvalue weighted by atomic mass is 16.5. The van der Waals surface area contributed by atoms with Gasteiger partial charge in [0.05, 0.1) is 6.54 Å². The van der Waals surface area contributed by atoms with Crippen LogP contribution in [0.5, 0.6) is 0 Å². The van der Waals surface area contributed by atoms with Crippen molar-refractivity contribution >= 4 is 18.0 Å². The lowest BCUT2D eigenvalue weighted by Gasteiger charge is -2.15. The Morgan fingerprint density at radius 3 is 2.29 bits per heavy atom. The first kappa shape index (κ1) is 23.1. The van der Waals surface area contributed by atoms with Crippen LogP contribution in [0, 0.1) is 0 Å². The lowest BCUT2D eigenvalue weighted by atomic mass is 9.98. The van der Waals surface area contributed by atoms with Crippen LogP contribution >= 0.6 is 0 Å². The number of carboxylic acid groups (broad SMARTS) is 1. The van der Waals surface area contributed by atoms with Gasteiger partial charge in [-0.05, 0) is 40.8 Å². The molecule has 0 bridgehead atoms. The molecule has 0 unspecified atom stereocenters. The lowest BCUT2D eigenvalue weighted by Crippen LogP contribution is -2.28. The van der Waals surface area contributed by atoms with E-state index in [1.54, 1.807) is 13.1 Å². The minimum atomic E-state index is -0.902. The predicted molar refractivity (Wildman–Crippen MR) is 124 cm³/mol. The number of benzene rings is 2. The molecule has 1 aliphatic carbocycles. The number of alkyl carbamates (subject to hydrolysis) is 1. The van der Waals surface area contributed by atoms with Crippen LogP contribution in [-0.2, 0) is 16.1 Å². The summed E-state index contributed by atoms with van der Waals surface area (Å²) < 4.78 is 11.0. The van der Waals surface area contributed by atoms with Crippen LogP contribution in [0.1, 0.15) is 46.2 Å². The maximum absolute atomic E-state index is 12.4. The summed E-state index contributed by atoms with van der Waals surface area (Å²) in [5.41, 5.74) is 4.59. The number of carboxylic acids is 1. The zero-order valence-corrected chi connectivity index (χ0v) is 18.8. The van der Waals surface area contributed by atoms with Gasteiger partial charge in [-0.2, -0.15) is 0 Å². The highest BCUT2D eigenvalue weighted by Gasteiger charge is 2.29. The van der Waals surface area contributed by atoms with Gasteiger partial charge in [-0.25, -0.2) is 4.79 Å². The molecular formula is C26H26N2O6. The second-order valence-electron chi connectivity index (χ2n) is 8.17. The third-order valence-corrected chi connectivity index (χ3v) is 5.85. The summed E-state index contributed by atoms with van der Waals surface area (Å²) in [4.78, 5) is 36.7. The molecule has 4 rings (SSSR count). The topological polar surface area (TPSA) is 109 Å². The lowest BCUT2D eigenvalue weighted by molar-refractivity contribution is -0.137. The van der Waals surface area contributed by atoms with E-state index in [1.807, 2.05) is 24.3 Å². The van der Waals surface area contributed by atoms with E-state index in [0.29, 0.717) is 18.7 Å². The summed E-state index contributed by atoms with van der Waals surface area (Å²) in [6, 6.07) is 19.4. The summed E-state index contributed by atoms with van der Waals surface area (Å²) in [6.07, 6.45) is -0.226. The Morgan fingerprint density at radius 1 is 1.00 bits per heavy atom. The Balaban J connectivity index is 1.28. The second kappa shape index (κ2) is 10.2. The van der Waals surface area contributed by atoms with Crippen molar-refractivity contribution in [3.63, 3.8) is 0 Å². The average Bonchev–Trinajstić information content (AvgIpc) is 3.43. The van der Waals surface area contributed by atoms with Crippen molar-refractivity contribution in [1.82, 2.24) is 10.2 Å². The highest BCUT2D eigenvalue weighted by Crippen LogP contribution is 2.44. The molecule has 0 saturated heterocycles. The van der Waals surface area contributed by atoms with Crippen molar-refractivity contribution in [2.24, 2.45) is 0 Å². The van der Waals surface area contributed by atoms with Gasteiger partial charge in [-0.3, -0.25) is 9.59 Å². The molecule has 0 saturated carbocycles. The summed E-state index contributed by atoms with van der Waals surface area (Å²) >= 11 is 0. The van der Waals surface area contributed by atoms with E-state index in [1.165, 1.54) is 11.0 Å². The minimum absolute atomic E-state index is 0.00885. The number of nitrogens with zero attached hydrogens (tertiary/aromatic N) is 1. The molecule has 1 heterocycles. The zero-order valence-electron chi connectivity index (χ0n) is 18.8. The number of fused-ring (bicyclic) bond motifs is 3. The van der Waals surface area contributed by atoms with Gasteiger partial charge in [0.2, 0.25) is 0 Å². The molecule has 8 heteroatoms. The molecule has 0 aliphatic heterocycles. The number of rotatable bonds is 9. The van der Waals surface area contributed by atoms with E-state index in [4.69, 9.17) is 14.3 Å². The largest absolute Gasteiger partial charge is 0.481 e. The molecule has 0 radical (unpaired) electrons. The number of carbonyl (C=O) groups is 3. The van der Waals surface area contributed by atoms with Crippen molar-refractivity contribution in [3.05, 3.63) is 83.3 Å². The van der Waals surface area contributed by atoms with Crippen LogP contribution in [0.3, 0.4) is 0 Å². The van der Waals surface area contributed by atoms with Gasteiger partial charge < -0.3 is 24.5 Å². The number of furan rings is 1. The van der Waals surface area contributed by atoms with Crippen LogP contribution in [0.15, 0.2) is 65.1 Å². The number of hydrogen-bond acceptors (Lipinski definition) is 5. The van der Waals surface area contributed by atoms with Gasteiger partial charge in [0.15, 0.2) is 5.76 Å². The van der Waals surface area contributed by atoms with E-state index in [2.05, 4.69) is 29.6 Å². The van der Waals surface area contributed by atoms with E-state index in [0.717, 1.165) is 22.3 Å². The molecule has 1 aromatic heterocycles. The number of carbonyl (C=O) groups excluding carboxylic acids is 2. The summed E-state index contributed by atoms with van der Waals surface area (Å²) in [5, 5.41) is 11.4. The molecule has 0 spiro atoms. The number of aliphatic carboxylic acids is 1. The van der Waals surface area contributed by atoms with Crippen molar-refractivity contribution in [2.75, 3.05) is 20.2 Å². The van der Waals surface area contributed by atoms with Gasteiger partial charge in [0, 0.05) is 25.9 Å². The standard InChI is InChI=1S/C26H26N2O6/c1-28(14-6-11-24(29)30)25(31)23-13-12-17(34-23)15-27-26(32)33-16-22-20-9-4-2-7-18(20)19-8-3-5-10-21(19)22/h2-5,7-10,12-13,22H,6,11,14-16H2,1H3,(H,27,32)(H,29,30). The van der Waals surface area contributed by atoms with Crippen LogP contribution < -0.4 is 5.32 Å².